The van der Waals surface area contributed by atoms with Gasteiger partial charge in [-0.15, -0.1) is 0 Å². The summed E-state index contributed by atoms with van der Waals surface area (Å²) in [7, 11) is 0. The van der Waals surface area contributed by atoms with Gasteiger partial charge in [0, 0.05) is 12.1 Å². The van der Waals surface area contributed by atoms with Crippen molar-refractivity contribution in [2.24, 2.45) is 0 Å². The van der Waals surface area contributed by atoms with Crippen molar-refractivity contribution >= 4 is 11.4 Å². The average Bonchev–Trinajstić information content (AvgIpc) is 2.01. The van der Waals surface area contributed by atoms with Gasteiger partial charge in [0.05, 0.1) is 4.92 Å². The summed E-state index contributed by atoms with van der Waals surface area (Å²) in [6.07, 6.45) is 0. The van der Waals surface area contributed by atoms with Crippen molar-refractivity contribution in [2.75, 3.05) is 5.48 Å². The summed E-state index contributed by atoms with van der Waals surface area (Å²) in [6, 6.07) is 0.972. The Balaban J connectivity index is 3.38. The number of halogens is 2. The largest absolute Gasteiger partial charge is 0.330 e. The van der Waals surface area contributed by atoms with Gasteiger partial charge in [-0.1, -0.05) is 0 Å². The number of rotatable bonds is 2. The maximum atomic E-state index is 12.7. The zero-order valence-electron chi connectivity index (χ0n) is 6.12. The van der Waals surface area contributed by atoms with E-state index in [0.29, 0.717) is 12.1 Å². The summed E-state index contributed by atoms with van der Waals surface area (Å²) in [5.41, 5.74) is -0.282. The molecule has 5 nitrogen and oxygen atoms in total. The van der Waals surface area contributed by atoms with E-state index in [-0.39, 0.29) is 0 Å². The molecule has 0 aliphatic rings. The first kappa shape index (κ1) is 9.33. The van der Waals surface area contributed by atoms with Crippen LogP contribution in [0.4, 0.5) is 20.2 Å². The topological polar surface area (TPSA) is 75.4 Å². The molecule has 1 aromatic rings. The van der Waals surface area contributed by atoms with E-state index in [1.54, 1.807) is 0 Å². The van der Waals surface area contributed by atoms with E-state index < -0.39 is 27.9 Å². The summed E-state index contributed by atoms with van der Waals surface area (Å²) in [4.78, 5) is 9.14. The molecule has 0 spiro atoms. The number of nitro groups is 1. The van der Waals surface area contributed by atoms with Crippen molar-refractivity contribution < 1.29 is 18.9 Å². The quantitative estimate of drug-likeness (QED) is 0.549. The van der Waals surface area contributed by atoms with Crippen LogP contribution in [0, 0.1) is 21.7 Å². The number of nitrogens with one attached hydrogen (secondary N) is 1. The first-order valence-corrected chi connectivity index (χ1v) is 3.10. The molecule has 13 heavy (non-hydrogen) atoms. The van der Waals surface area contributed by atoms with Crippen LogP contribution >= 0.6 is 0 Å². The third-order valence-electron chi connectivity index (χ3n) is 1.33. The Morgan fingerprint density at radius 2 is 2.08 bits per heavy atom. The average molecular weight is 190 g/mol. The summed E-state index contributed by atoms with van der Waals surface area (Å²) >= 11 is 0. The lowest BCUT2D eigenvalue weighted by molar-refractivity contribution is -0.386. The SMILES string of the molecule is O=[N+]([O-])c1c(F)cc(F)cc1NO. The van der Waals surface area contributed by atoms with Gasteiger partial charge in [0.1, 0.15) is 11.5 Å². The van der Waals surface area contributed by atoms with Gasteiger partial charge >= 0.3 is 5.69 Å². The Kier molecular flexibility index (Phi) is 2.38. The van der Waals surface area contributed by atoms with Gasteiger partial charge in [-0.3, -0.25) is 20.8 Å². The van der Waals surface area contributed by atoms with Crippen LogP contribution < -0.4 is 5.48 Å². The lowest BCUT2D eigenvalue weighted by Gasteiger charge is -2.01. The maximum absolute atomic E-state index is 12.7. The number of hydrogen-bond donors (Lipinski definition) is 2. The molecule has 0 aliphatic heterocycles. The number of anilines is 1. The zero-order valence-corrected chi connectivity index (χ0v) is 6.12. The van der Waals surface area contributed by atoms with Crippen molar-refractivity contribution in [1.29, 1.82) is 0 Å². The fraction of sp³-hybridized carbons (Fsp3) is 0. The normalized spacial score (nSPS) is 9.77. The Morgan fingerprint density at radius 3 is 2.54 bits per heavy atom. The summed E-state index contributed by atoms with van der Waals surface area (Å²) < 4.78 is 25.2. The van der Waals surface area contributed by atoms with E-state index in [0.717, 1.165) is 0 Å². The minimum atomic E-state index is -1.35. The fourth-order valence-electron chi connectivity index (χ4n) is 0.837. The number of nitro benzene ring substituents is 1. The Labute approximate surface area is 70.7 Å². The van der Waals surface area contributed by atoms with E-state index in [9.17, 15) is 18.9 Å². The van der Waals surface area contributed by atoms with Crippen molar-refractivity contribution in [1.82, 2.24) is 0 Å². The number of hydrogen-bond acceptors (Lipinski definition) is 4. The van der Waals surface area contributed by atoms with Crippen molar-refractivity contribution in [3.63, 3.8) is 0 Å². The molecular weight excluding hydrogens is 186 g/mol. The molecule has 7 heteroatoms. The molecule has 0 fully saturated rings. The van der Waals surface area contributed by atoms with Crippen LogP contribution in [0.3, 0.4) is 0 Å². The van der Waals surface area contributed by atoms with Crippen LogP contribution in [-0.2, 0) is 0 Å². The van der Waals surface area contributed by atoms with E-state index in [4.69, 9.17) is 5.21 Å². The van der Waals surface area contributed by atoms with Crippen LogP contribution in [0.2, 0.25) is 0 Å². The highest BCUT2D eigenvalue weighted by Crippen LogP contribution is 2.27. The third-order valence-corrected chi connectivity index (χ3v) is 1.33. The molecule has 0 bridgehead atoms. The molecule has 0 aromatic heterocycles. The molecule has 0 atom stereocenters. The number of benzene rings is 1. The second-order valence-electron chi connectivity index (χ2n) is 2.15. The van der Waals surface area contributed by atoms with Gasteiger partial charge in [0.15, 0.2) is 0 Å². The first-order chi connectivity index (χ1) is 6.06. The molecule has 70 valence electrons. The number of nitrogens with zero attached hydrogens (tertiary/aromatic N) is 1. The minimum absolute atomic E-state index is 0.360. The zero-order chi connectivity index (χ0) is 10.0. The van der Waals surface area contributed by atoms with Crippen molar-refractivity contribution in [3.05, 3.63) is 33.9 Å². The summed E-state index contributed by atoms with van der Waals surface area (Å²) in [6.45, 7) is 0. The Morgan fingerprint density at radius 1 is 1.46 bits per heavy atom. The van der Waals surface area contributed by atoms with Gasteiger partial charge < -0.3 is 0 Å². The van der Waals surface area contributed by atoms with Crippen LogP contribution in [0.15, 0.2) is 12.1 Å². The Bertz CT molecular complexity index is 356. The lowest BCUT2D eigenvalue weighted by atomic mass is 10.2. The van der Waals surface area contributed by atoms with E-state index in [2.05, 4.69) is 0 Å². The monoisotopic (exact) mass is 190 g/mol. The van der Waals surface area contributed by atoms with Gasteiger partial charge in [-0.25, -0.2) is 4.39 Å². The smallest absolute Gasteiger partial charge is 0.291 e. The van der Waals surface area contributed by atoms with Crippen molar-refractivity contribution in [3.8, 4) is 0 Å². The van der Waals surface area contributed by atoms with Gasteiger partial charge in [0.25, 0.3) is 0 Å². The molecule has 0 saturated carbocycles. The Hall–Kier alpha value is -1.76. The van der Waals surface area contributed by atoms with Gasteiger partial charge in [-0.05, 0) is 0 Å². The van der Waals surface area contributed by atoms with Crippen LogP contribution in [0.5, 0.6) is 0 Å². The highest BCUT2D eigenvalue weighted by atomic mass is 19.1. The van der Waals surface area contributed by atoms with Crippen molar-refractivity contribution in [2.45, 2.75) is 0 Å². The van der Waals surface area contributed by atoms with Gasteiger partial charge in [-0.2, -0.15) is 4.39 Å². The van der Waals surface area contributed by atoms with Crippen LogP contribution in [0.25, 0.3) is 0 Å². The molecule has 1 rings (SSSR count). The van der Waals surface area contributed by atoms with Gasteiger partial charge in [0.2, 0.25) is 5.82 Å². The summed E-state index contributed by atoms with van der Waals surface area (Å²) in [5.74, 6) is -2.36. The molecule has 0 saturated heterocycles. The summed E-state index contributed by atoms with van der Waals surface area (Å²) in [5, 5.41) is 18.5. The standard InChI is InChI=1S/C6H4F2N2O3/c7-3-1-4(8)6(10(12)13)5(2-3)9-11/h1-2,9,11H. The molecule has 0 unspecified atom stereocenters. The van der Waals surface area contributed by atoms with Crippen LogP contribution in [0.1, 0.15) is 0 Å². The highest BCUT2D eigenvalue weighted by Gasteiger charge is 2.21. The second kappa shape index (κ2) is 3.31. The van der Waals surface area contributed by atoms with Crippen LogP contribution in [-0.4, -0.2) is 10.1 Å². The molecule has 0 radical (unpaired) electrons. The lowest BCUT2D eigenvalue weighted by Crippen LogP contribution is -2.00. The predicted molar refractivity (Wildman–Crippen MR) is 38.4 cm³/mol. The molecule has 0 amide bonds. The van der Waals surface area contributed by atoms with E-state index >= 15 is 0 Å². The minimum Gasteiger partial charge on any atom is -0.291 e. The second-order valence-corrected chi connectivity index (χ2v) is 2.15. The van der Waals surface area contributed by atoms with E-state index in [1.165, 1.54) is 5.48 Å². The molecule has 1 aromatic carbocycles. The maximum Gasteiger partial charge on any atom is 0.330 e. The third kappa shape index (κ3) is 1.70. The molecule has 0 aliphatic carbocycles. The predicted octanol–water partition coefficient (Wildman–Crippen LogP) is 1.67. The molecule has 2 N–H and O–H groups in total. The highest BCUT2D eigenvalue weighted by molar-refractivity contribution is 5.60. The first-order valence-electron chi connectivity index (χ1n) is 3.10. The van der Waals surface area contributed by atoms with E-state index in [1.807, 2.05) is 0 Å². The molecule has 0 heterocycles. The molecular formula is C6H4F2N2O3. The fourth-order valence-corrected chi connectivity index (χ4v) is 0.837.